The SMILES string of the molecule is C=CCCNC(=O)c1cnn(C)c1C. The Balaban J connectivity index is 2.61. The van der Waals surface area contributed by atoms with Crippen LogP contribution >= 0.6 is 0 Å². The van der Waals surface area contributed by atoms with Crippen LogP contribution in [-0.2, 0) is 7.05 Å². The molecule has 4 nitrogen and oxygen atoms in total. The molecule has 0 unspecified atom stereocenters. The molecule has 0 aliphatic heterocycles. The predicted molar refractivity (Wildman–Crippen MR) is 55.1 cm³/mol. The Morgan fingerprint density at radius 2 is 2.50 bits per heavy atom. The summed E-state index contributed by atoms with van der Waals surface area (Å²) in [5.41, 5.74) is 1.51. The van der Waals surface area contributed by atoms with Crippen LogP contribution in [0.25, 0.3) is 0 Å². The van der Waals surface area contributed by atoms with Crippen LogP contribution in [0.2, 0.25) is 0 Å². The van der Waals surface area contributed by atoms with Gasteiger partial charge in [-0.2, -0.15) is 5.10 Å². The summed E-state index contributed by atoms with van der Waals surface area (Å²) in [4.78, 5) is 11.6. The van der Waals surface area contributed by atoms with Gasteiger partial charge >= 0.3 is 0 Å². The largest absolute Gasteiger partial charge is 0.352 e. The molecule has 1 aromatic heterocycles. The second-order valence-corrected chi connectivity index (χ2v) is 3.10. The molecular weight excluding hydrogens is 178 g/mol. The van der Waals surface area contributed by atoms with Gasteiger partial charge in [-0.1, -0.05) is 6.08 Å². The Kier molecular flexibility index (Phi) is 3.45. The van der Waals surface area contributed by atoms with E-state index in [4.69, 9.17) is 0 Å². The number of hydrogen-bond acceptors (Lipinski definition) is 2. The van der Waals surface area contributed by atoms with E-state index in [0.717, 1.165) is 12.1 Å². The minimum Gasteiger partial charge on any atom is -0.352 e. The maximum Gasteiger partial charge on any atom is 0.254 e. The molecule has 4 heteroatoms. The molecular formula is C10H15N3O. The van der Waals surface area contributed by atoms with Crippen molar-refractivity contribution in [2.24, 2.45) is 7.05 Å². The molecule has 1 rings (SSSR count). The Morgan fingerprint density at radius 1 is 1.79 bits per heavy atom. The van der Waals surface area contributed by atoms with Crippen molar-refractivity contribution in [3.8, 4) is 0 Å². The minimum atomic E-state index is -0.0718. The number of aryl methyl sites for hydroxylation is 1. The van der Waals surface area contributed by atoms with Crippen LogP contribution < -0.4 is 5.32 Å². The molecule has 0 aliphatic rings. The average Bonchev–Trinajstić information content (AvgIpc) is 2.48. The Hall–Kier alpha value is -1.58. The Morgan fingerprint density at radius 3 is 3.00 bits per heavy atom. The molecule has 1 N–H and O–H groups in total. The minimum absolute atomic E-state index is 0.0718. The van der Waals surface area contributed by atoms with Crippen molar-refractivity contribution in [1.29, 1.82) is 0 Å². The fourth-order valence-electron chi connectivity index (χ4n) is 1.10. The molecule has 0 saturated carbocycles. The smallest absolute Gasteiger partial charge is 0.254 e. The number of carbonyl (C=O) groups excluding carboxylic acids is 1. The maximum absolute atomic E-state index is 11.6. The molecule has 1 amide bonds. The molecule has 76 valence electrons. The van der Waals surface area contributed by atoms with Gasteiger partial charge in [0.15, 0.2) is 0 Å². The van der Waals surface area contributed by atoms with Crippen molar-refractivity contribution in [1.82, 2.24) is 15.1 Å². The van der Waals surface area contributed by atoms with Gasteiger partial charge < -0.3 is 5.32 Å². The normalized spacial score (nSPS) is 9.86. The lowest BCUT2D eigenvalue weighted by Gasteiger charge is -2.02. The fourth-order valence-corrected chi connectivity index (χ4v) is 1.10. The van der Waals surface area contributed by atoms with Gasteiger partial charge in [-0.15, -0.1) is 6.58 Å². The summed E-state index contributed by atoms with van der Waals surface area (Å²) in [5, 5.41) is 6.79. The topological polar surface area (TPSA) is 46.9 Å². The summed E-state index contributed by atoms with van der Waals surface area (Å²) >= 11 is 0. The summed E-state index contributed by atoms with van der Waals surface area (Å²) < 4.78 is 1.68. The summed E-state index contributed by atoms with van der Waals surface area (Å²) in [6.45, 7) is 6.08. The fraction of sp³-hybridized carbons (Fsp3) is 0.400. The van der Waals surface area contributed by atoms with Gasteiger partial charge in [0.05, 0.1) is 11.8 Å². The van der Waals surface area contributed by atoms with E-state index in [1.54, 1.807) is 17.0 Å². The number of nitrogens with zero attached hydrogens (tertiary/aromatic N) is 2. The number of carbonyl (C=O) groups is 1. The van der Waals surface area contributed by atoms with Gasteiger partial charge in [0, 0.05) is 19.3 Å². The molecule has 0 aromatic carbocycles. The number of hydrogen-bond donors (Lipinski definition) is 1. The van der Waals surface area contributed by atoms with E-state index in [-0.39, 0.29) is 5.91 Å². The molecule has 0 fully saturated rings. The first kappa shape index (κ1) is 10.5. The van der Waals surface area contributed by atoms with Gasteiger partial charge in [0.1, 0.15) is 0 Å². The van der Waals surface area contributed by atoms with Crippen LogP contribution in [0.5, 0.6) is 0 Å². The van der Waals surface area contributed by atoms with Crippen LogP contribution in [0.1, 0.15) is 22.5 Å². The van der Waals surface area contributed by atoms with Crippen LogP contribution in [0.4, 0.5) is 0 Å². The summed E-state index contributed by atoms with van der Waals surface area (Å²) in [7, 11) is 1.82. The van der Waals surface area contributed by atoms with Gasteiger partial charge in [0.2, 0.25) is 0 Å². The second-order valence-electron chi connectivity index (χ2n) is 3.10. The van der Waals surface area contributed by atoms with E-state index < -0.39 is 0 Å². The maximum atomic E-state index is 11.6. The van der Waals surface area contributed by atoms with Gasteiger partial charge in [-0.25, -0.2) is 0 Å². The van der Waals surface area contributed by atoms with E-state index in [1.807, 2.05) is 14.0 Å². The quantitative estimate of drug-likeness (QED) is 0.573. The predicted octanol–water partition coefficient (Wildman–Crippen LogP) is 1.03. The highest BCUT2D eigenvalue weighted by molar-refractivity contribution is 5.94. The molecule has 0 radical (unpaired) electrons. The Bertz CT molecular complexity index is 341. The monoisotopic (exact) mass is 193 g/mol. The first-order valence-corrected chi connectivity index (χ1v) is 4.54. The number of nitrogens with one attached hydrogen (secondary N) is 1. The van der Waals surface area contributed by atoms with E-state index in [0.29, 0.717) is 12.1 Å². The highest BCUT2D eigenvalue weighted by Gasteiger charge is 2.11. The molecule has 0 aliphatic carbocycles. The number of rotatable bonds is 4. The van der Waals surface area contributed by atoms with Gasteiger partial charge in [0.25, 0.3) is 5.91 Å². The van der Waals surface area contributed by atoms with E-state index in [1.165, 1.54) is 0 Å². The zero-order valence-electron chi connectivity index (χ0n) is 8.58. The second kappa shape index (κ2) is 4.60. The van der Waals surface area contributed by atoms with Crippen molar-refractivity contribution in [3.05, 3.63) is 30.1 Å². The zero-order chi connectivity index (χ0) is 10.6. The highest BCUT2D eigenvalue weighted by atomic mass is 16.1. The van der Waals surface area contributed by atoms with Crippen molar-refractivity contribution >= 4 is 5.91 Å². The van der Waals surface area contributed by atoms with Crippen LogP contribution in [0.15, 0.2) is 18.9 Å². The average molecular weight is 193 g/mol. The third-order valence-corrected chi connectivity index (χ3v) is 2.11. The lowest BCUT2D eigenvalue weighted by Crippen LogP contribution is -2.24. The number of aromatic nitrogens is 2. The van der Waals surface area contributed by atoms with E-state index >= 15 is 0 Å². The first-order valence-electron chi connectivity index (χ1n) is 4.54. The van der Waals surface area contributed by atoms with Crippen molar-refractivity contribution in [2.75, 3.05) is 6.54 Å². The lowest BCUT2D eigenvalue weighted by atomic mass is 10.2. The molecule has 0 spiro atoms. The molecule has 0 bridgehead atoms. The molecule has 1 aromatic rings. The molecule has 14 heavy (non-hydrogen) atoms. The van der Waals surface area contributed by atoms with Crippen LogP contribution in [-0.4, -0.2) is 22.2 Å². The van der Waals surface area contributed by atoms with Crippen LogP contribution in [0.3, 0.4) is 0 Å². The van der Waals surface area contributed by atoms with Crippen molar-refractivity contribution in [2.45, 2.75) is 13.3 Å². The standard InChI is InChI=1S/C10H15N3O/c1-4-5-6-11-10(14)9-7-12-13(3)8(9)2/h4,7H,1,5-6H2,2-3H3,(H,11,14). The highest BCUT2D eigenvalue weighted by Crippen LogP contribution is 2.04. The van der Waals surface area contributed by atoms with E-state index in [2.05, 4.69) is 17.0 Å². The van der Waals surface area contributed by atoms with Gasteiger partial charge in [-0.05, 0) is 13.3 Å². The van der Waals surface area contributed by atoms with Crippen molar-refractivity contribution in [3.63, 3.8) is 0 Å². The summed E-state index contributed by atoms with van der Waals surface area (Å²) in [5.74, 6) is -0.0718. The summed E-state index contributed by atoms with van der Waals surface area (Å²) in [6, 6.07) is 0. The Labute approximate surface area is 83.6 Å². The van der Waals surface area contributed by atoms with Crippen molar-refractivity contribution < 1.29 is 4.79 Å². The third kappa shape index (κ3) is 2.22. The lowest BCUT2D eigenvalue weighted by molar-refractivity contribution is 0.0953. The number of amides is 1. The summed E-state index contributed by atoms with van der Waals surface area (Å²) in [6.07, 6.45) is 4.14. The molecule has 1 heterocycles. The third-order valence-electron chi connectivity index (χ3n) is 2.11. The zero-order valence-corrected chi connectivity index (χ0v) is 8.58. The molecule has 0 atom stereocenters. The van der Waals surface area contributed by atoms with E-state index in [9.17, 15) is 4.79 Å². The molecule has 0 saturated heterocycles. The van der Waals surface area contributed by atoms with Gasteiger partial charge in [-0.3, -0.25) is 9.48 Å². The van der Waals surface area contributed by atoms with Crippen LogP contribution in [0, 0.1) is 6.92 Å². The first-order chi connectivity index (χ1) is 6.66.